The first-order valence-corrected chi connectivity index (χ1v) is 9.24. The molecule has 1 radical (unpaired) electrons. The van der Waals surface area contributed by atoms with Crippen LogP contribution in [0, 0.1) is 6.42 Å². The van der Waals surface area contributed by atoms with E-state index >= 15 is 0 Å². The molecule has 10 nitrogen and oxygen atoms in total. The maximum absolute atomic E-state index is 12.9. The molecule has 141 valence electrons. The van der Waals surface area contributed by atoms with Crippen LogP contribution in [0.3, 0.4) is 0 Å². The lowest BCUT2D eigenvalue weighted by Crippen LogP contribution is -2.51. The lowest BCUT2D eigenvalue weighted by molar-refractivity contribution is -0.134. The predicted octanol–water partition coefficient (Wildman–Crippen LogP) is -2.03. The van der Waals surface area contributed by atoms with Gasteiger partial charge in [0.2, 0.25) is 11.8 Å². The van der Waals surface area contributed by atoms with Gasteiger partial charge in [0.05, 0.1) is 13.0 Å². The van der Waals surface area contributed by atoms with Crippen LogP contribution >= 0.6 is 0 Å². The highest BCUT2D eigenvalue weighted by Gasteiger charge is 2.41. The monoisotopic (exact) mass is 383 g/mol. The van der Waals surface area contributed by atoms with Gasteiger partial charge in [0.25, 0.3) is 10.0 Å². The van der Waals surface area contributed by atoms with Crippen molar-refractivity contribution in [3.63, 3.8) is 0 Å². The third kappa shape index (κ3) is 4.42. The lowest BCUT2D eigenvalue weighted by Gasteiger charge is -2.29. The summed E-state index contributed by atoms with van der Waals surface area (Å²) in [4.78, 5) is 39.6. The first-order valence-electron chi connectivity index (χ1n) is 7.80. The number of sulfonamides is 1. The van der Waals surface area contributed by atoms with Crippen LogP contribution in [0.25, 0.3) is 0 Å². The number of rotatable bonds is 6. The van der Waals surface area contributed by atoms with Crippen LogP contribution in [0.5, 0.6) is 0 Å². The van der Waals surface area contributed by atoms with Crippen molar-refractivity contribution in [2.24, 2.45) is 5.73 Å². The van der Waals surface area contributed by atoms with Gasteiger partial charge < -0.3 is 16.2 Å². The number of aromatic nitrogens is 1. The summed E-state index contributed by atoms with van der Waals surface area (Å²) >= 11 is 0. The average molecular weight is 383 g/mol. The number of carbonyl (C=O) groups excluding carboxylic acids is 3. The van der Waals surface area contributed by atoms with Crippen LogP contribution in [-0.2, 0) is 24.4 Å². The molecule has 26 heavy (non-hydrogen) atoms. The predicted molar refractivity (Wildman–Crippen MR) is 88.7 cm³/mol. The molecule has 1 saturated heterocycles. The number of hydrogen-bond acceptors (Lipinski definition) is 8. The van der Waals surface area contributed by atoms with Crippen LogP contribution in [0.1, 0.15) is 12.8 Å². The molecule has 4 N–H and O–H groups in total. The second kappa shape index (κ2) is 8.34. The first-order chi connectivity index (χ1) is 12.2. The highest BCUT2D eigenvalue weighted by atomic mass is 32.2. The minimum absolute atomic E-state index is 0.101. The van der Waals surface area contributed by atoms with Crippen molar-refractivity contribution < 1.29 is 27.9 Å². The van der Waals surface area contributed by atoms with Gasteiger partial charge in [-0.2, -0.15) is 8.42 Å². The van der Waals surface area contributed by atoms with Gasteiger partial charge in [-0.05, 0) is 31.5 Å². The minimum atomic E-state index is -4.49. The molecule has 2 heterocycles. The van der Waals surface area contributed by atoms with E-state index in [9.17, 15) is 27.9 Å². The van der Waals surface area contributed by atoms with Gasteiger partial charge in [0.15, 0.2) is 10.8 Å². The Morgan fingerprint density at radius 2 is 2.15 bits per heavy atom. The van der Waals surface area contributed by atoms with Crippen molar-refractivity contribution in [1.29, 1.82) is 0 Å². The van der Waals surface area contributed by atoms with E-state index in [1.165, 1.54) is 24.4 Å². The molecular weight excluding hydrogens is 364 g/mol. The Morgan fingerprint density at radius 3 is 2.77 bits per heavy atom. The van der Waals surface area contributed by atoms with Gasteiger partial charge in [-0.3, -0.25) is 14.4 Å². The molecule has 0 aliphatic carbocycles. The molecule has 1 unspecified atom stereocenters. The molecule has 0 aromatic carbocycles. The van der Waals surface area contributed by atoms with Crippen molar-refractivity contribution in [1.82, 2.24) is 14.6 Å². The molecule has 2 atom stereocenters. The third-order valence-corrected chi connectivity index (χ3v) is 5.48. The molecule has 1 aliphatic heterocycles. The second-order valence-corrected chi connectivity index (χ2v) is 7.38. The Kier molecular flexibility index (Phi) is 6.40. The average Bonchev–Trinajstić information content (AvgIpc) is 2.80. The number of nitrogens with two attached hydrogens (primary N) is 1. The van der Waals surface area contributed by atoms with Crippen molar-refractivity contribution >= 4 is 27.6 Å². The van der Waals surface area contributed by atoms with Crippen LogP contribution in [0.4, 0.5) is 0 Å². The summed E-state index contributed by atoms with van der Waals surface area (Å²) in [7, 11) is -4.49. The number of aliphatic hydroxyl groups excluding tert-OH is 1. The normalized spacial score (nSPS) is 19.4. The zero-order valence-corrected chi connectivity index (χ0v) is 14.6. The quantitative estimate of drug-likeness (QED) is 0.507. The highest BCUT2D eigenvalue weighted by Crippen LogP contribution is 2.22. The molecule has 0 saturated carbocycles. The maximum Gasteiger partial charge on any atom is 0.284 e. The number of Topliss-reactive ketones (excluding diaryl/α,β-unsaturated/α-hetero) is 1. The number of amides is 2. The molecule has 1 aliphatic rings. The van der Waals surface area contributed by atoms with E-state index in [0.717, 1.165) is 0 Å². The van der Waals surface area contributed by atoms with Crippen molar-refractivity contribution in [3.05, 3.63) is 30.8 Å². The van der Waals surface area contributed by atoms with E-state index in [1.54, 1.807) is 0 Å². The molecule has 1 aromatic heterocycles. The van der Waals surface area contributed by atoms with Crippen molar-refractivity contribution in [3.8, 4) is 0 Å². The van der Waals surface area contributed by atoms with Crippen molar-refractivity contribution in [2.75, 3.05) is 13.1 Å². The summed E-state index contributed by atoms with van der Waals surface area (Å²) in [5, 5.41) is 11.9. The SMILES string of the molecule is NC(=O)[C@@H](O)[CH]C(=O)N(C1CCCNCC1=O)S(=O)(=O)c1ccccn1. The van der Waals surface area contributed by atoms with E-state index in [-0.39, 0.29) is 13.0 Å². The summed E-state index contributed by atoms with van der Waals surface area (Å²) in [6.45, 7) is 0.381. The van der Waals surface area contributed by atoms with E-state index in [4.69, 9.17) is 5.73 Å². The van der Waals surface area contributed by atoms with Crippen LogP contribution < -0.4 is 11.1 Å². The second-order valence-electron chi connectivity index (χ2n) is 5.62. The summed E-state index contributed by atoms with van der Waals surface area (Å²) < 4.78 is 26.2. The van der Waals surface area contributed by atoms with Crippen molar-refractivity contribution in [2.45, 2.75) is 30.0 Å². The van der Waals surface area contributed by atoms with E-state index in [2.05, 4.69) is 10.3 Å². The smallest absolute Gasteiger partial charge is 0.284 e. The first kappa shape index (κ1) is 19.9. The fourth-order valence-corrected chi connectivity index (χ4v) is 3.99. The minimum Gasteiger partial charge on any atom is -0.382 e. The van der Waals surface area contributed by atoms with E-state index in [0.29, 0.717) is 23.7 Å². The lowest BCUT2D eigenvalue weighted by atomic mass is 10.1. The number of ketones is 1. The number of carbonyl (C=O) groups is 3. The zero-order valence-electron chi connectivity index (χ0n) is 13.7. The third-order valence-electron chi connectivity index (χ3n) is 3.76. The molecule has 0 spiro atoms. The maximum atomic E-state index is 12.9. The van der Waals surface area contributed by atoms with Crippen LogP contribution in [0.2, 0.25) is 0 Å². The summed E-state index contributed by atoms with van der Waals surface area (Å²) in [5.74, 6) is -2.94. The van der Waals surface area contributed by atoms with Gasteiger partial charge in [0.1, 0.15) is 12.1 Å². The molecule has 2 amide bonds. The zero-order chi connectivity index (χ0) is 19.3. The topological polar surface area (TPSA) is 160 Å². The van der Waals surface area contributed by atoms with Crippen LogP contribution in [0.15, 0.2) is 29.4 Å². The van der Waals surface area contributed by atoms with Gasteiger partial charge in [0, 0.05) is 6.20 Å². The fourth-order valence-electron chi connectivity index (χ4n) is 2.49. The van der Waals surface area contributed by atoms with Gasteiger partial charge in [-0.25, -0.2) is 9.29 Å². The molecular formula is C15H19N4O6S. The molecule has 11 heteroatoms. The highest BCUT2D eigenvalue weighted by molar-refractivity contribution is 7.89. The number of primary amides is 1. The number of nitrogens with zero attached hydrogens (tertiary/aromatic N) is 2. The number of pyridine rings is 1. The van der Waals surface area contributed by atoms with Gasteiger partial charge >= 0.3 is 0 Å². The number of aliphatic hydroxyl groups is 1. The Bertz CT molecular complexity index is 783. The fraction of sp³-hybridized carbons (Fsp3) is 0.400. The van der Waals surface area contributed by atoms with E-state index in [1.807, 2.05) is 0 Å². The number of nitrogens with one attached hydrogen (secondary N) is 1. The summed E-state index contributed by atoms with van der Waals surface area (Å²) in [5.41, 5.74) is 4.91. The summed E-state index contributed by atoms with van der Waals surface area (Å²) in [6, 6.07) is 2.82. The molecule has 1 aromatic rings. The van der Waals surface area contributed by atoms with Gasteiger partial charge in [-0.15, -0.1) is 0 Å². The standard InChI is InChI=1S/C15H19N4O6S/c16-15(23)11(20)8-14(22)19(10-4-3-6-17-9-12(10)21)26(24,25)13-5-1-2-7-18-13/h1-2,5,7-8,10-11,17,20H,3-4,6,9H2,(H2,16,23)/t10?,11-/m0/s1. The Labute approximate surface area is 150 Å². The molecule has 0 bridgehead atoms. The van der Waals surface area contributed by atoms with E-state index < -0.39 is 44.8 Å². The Morgan fingerprint density at radius 1 is 1.42 bits per heavy atom. The Hall–Kier alpha value is -2.37. The largest absolute Gasteiger partial charge is 0.382 e. The molecule has 2 rings (SSSR count). The summed E-state index contributed by atoms with van der Waals surface area (Å²) in [6.07, 6.45) is 0.269. The Balaban J connectivity index is 2.45. The van der Waals surface area contributed by atoms with Crippen LogP contribution in [-0.4, -0.2) is 65.6 Å². The number of hydrogen-bond donors (Lipinski definition) is 3. The molecule has 1 fully saturated rings. The van der Waals surface area contributed by atoms with Gasteiger partial charge in [-0.1, -0.05) is 6.07 Å².